The van der Waals surface area contributed by atoms with Gasteiger partial charge in [0.1, 0.15) is 0 Å². The van der Waals surface area contributed by atoms with Crippen molar-refractivity contribution in [3.8, 4) is 0 Å². The van der Waals surface area contributed by atoms with Crippen LogP contribution in [0.3, 0.4) is 0 Å². The van der Waals surface area contributed by atoms with E-state index in [1.807, 2.05) is 0 Å². The fraction of sp³-hybridized carbons (Fsp3) is 0.308. The fourth-order valence-corrected chi connectivity index (χ4v) is 2.17. The fourth-order valence-electron chi connectivity index (χ4n) is 2.17. The normalized spacial score (nSPS) is 10.3. The van der Waals surface area contributed by atoms with Crippen molar-refractivity contribution in [3.05, 3.63) is 40.5 Å². The number of rotatable bonds is 0. The molecule has 0 aliphatic rings. The van der Waals surface area contributed by atoms with Gasteiger partial charge in [0.05, 0.1) is 0 Å². The van der Waals surface area contributed by atoms with E-state index in [0.717, 1.165) is 0 Å². The van der Waals surface area contributed by atoms with Gasteiger partial charge in [-0.2, -0.15) is 5.56 Å². The second-order valence-electron chi connectivity index (χ2n) is 4.00. The van der Waals surface area contributed by atoms with E-state index >= 15 is 0 Å². The summed E-state index contributed by atoms with van der Waals surface area (Å²) >= 11 is 0. The van der Waals surface area contributed by atoms with Crippen molar-refractivity contribution in [2.75, 3.05) is 0 Å². The Bertz CT molecular complexity index is 464. The summed E-state index contributed by atoms with van der Waals surface area (Å²) in [7, 11) is 0. The molecule has 0 N–H and O–H groups in total. The van der Waals surface area contributed by atoms with Crippen molar-refractivity contribution in [3.63, 3.8) is 0 Å². The Morgan fingerprint density at radius 2 is 1.64 bits per heavy atom. The Hall–Kier alpha value is -0.573. The van der Waals surface area contributed by atoms with Crippen LogP contribution in [-0.4, -0.2) is 0 Å². The third-order valence-corrected chi connectivity index (χ3v) is 2.85. The molecule has 0 unspecified atom stereocenters. The molecule has 0 bridgehead atoms. The molecule has 0 spiro atoms. The van der Waals surface area contributed by atoms with Crippen LogP contribution in [0.4, 0.5) is 0 Å². The third kappa shape index (κ3) is 1.65. The van der Waals surface area contributed by atoms with E-state index in [2.05, 4.69) is 45.9 Å². The maximum absolute atomic E-state index is 2.28. The van der Waals surface area contributed by atoms with Crippen molar-refractivity contribution in [2.24, 2.45) is 0 Å². The van der Waals surface area contributed by atoms with Gasteiger partial charge in [-0.25, -0.2) is 0 Å². The minimum Gasteiger partial charge on any atom is -0.153 e. The molecule has 0 aliphatic carbocycles. The van der Waals surface area contributed by atoms with E-state index in [1.165, 1.54) is 33.0 Å². The molecule has 1 heteroatoms. The molecule has 0 radical (unpaired) electrons. The van der Waals surface area contributed by atoms with Gasteiger partial charge in [-0.15, -0.1) is 28.5 Å². The van der Waals surface area contributed by atoms with Crippen LogP contribution in [0.5, 0.6) is 0 Å². The number of benzene rings is 1. The van der Waals surface area contributed by atoms with E-state index in [1.54, 1.807) is 0 Å². The molecule has 0 aliphatic heterocycles. The van der Waals surface area contributed by atoms with Gasteiger partial charge < -0.3 is 0 Å². The molecule has 68 valence electrons. The van der Waals surface area contributed by atoms with Crippen molar-refractivity contribution in [1.29, 1.82) is 0 Å². The zero-order chi connectivity index (χ0) is 9.59. The second kappa shape index (κ2) is 3.89. The zero-order valence-corrected chi connectivity index (χ0v) is 9.73. The summed E-state index contributed by atoms with van der Waals surface area (Å²) < 4.78 is 0. The smallest absolute Gasteiger partial charge is 0.153 e. The van der Waals surface area contributed by atoms with E-state index in [0.29, 0.717) is 0 Å². The summed E-state index contributed by atoms with van der Waals surface area (Å²) in [6.07, 6.45) is 0. The van der Waals surface area contributed by atoms with Crippen molar-refractivity contribution >= 4 is 10.8 Å². The molecule has 0 nitrogen and oxygen atoms in total. The SMILES string of the molecule is Cc1cc(C)c2c(C)c(C)[cH-]c2c1.[Li+]. The molecule has 2 rings (SSSR count). The molecule has 0 atom stereocenters. The molecule has 0 fully saturated rings. The molecule has 0 saturated carbocycles. The molecular weight excluding hydrogens is 163 g/mol. The first kappa shape index (κ1) is 11.5. The quantitative estimate of drug-likeness (QED) is 0.413. The van der Waals surface area contributed by atoms with E-state index in [-0.39, 0.29) is 18.9 Å². The molecule has 0 aromatic heterocycles. The minimum absolute atomic E-state index is 0. The Labute approximate surface area is 97.9 Å². The number of fused-ring (bicyclic) bond motifs is 1. The first-order valence-electron chi connectivity index (χ1n) is 4.73. The van der Waals surface area contributed by atoms with Gasteiger partial charge in [-0.05, 0) is 13.8 Å². The van der Waals surface area contributed by atoms with Gasteiger partial charge in [0, 0.05) is 0 Å². The molecule has 0 saturated heterocycles. The van der Waals surface area contributed by atoms with Crippen LogP contribution in [0.25, 0.3) is 10.8 Å². The van der Waals surface area contributed by atoms with Crippen molar-refractivity contribution in [1.82, 2.24) is 0 Å². The first-order valence-corrected chi connectivity index (χ1v) is 4.73. The summed E-state index contributed by atoms with van der Waals surface area (Å²) in [5, 5.41) is 2.84. The van der Waals surface area contributed by atoms with E-state index < -0.39 is 0 Å². The maximum Gasteiger partial charge on any atom is 1.00 e. The predicted octanol–water partition coefficient (Wildman–Crippen LogP) is 0.796. The van der Waals surface area contributed by atoms with Crippen molar-refractivity contribution in [2.45, 2.75) is 27.7 Å². The average Bonchev–Trinajstić information content (AvgIpc) is 2.27. The van der Waals surface area contributed by atoms with Crippen LogP contribution < -0.4 is 18.9 Å². The van der Waals surface area contributed by atoms with Gasteiger partial charge in [0.15, 0.2) is 0 Å². The standard InChI is InChI=1S/C13H15.Li/c1-8-5-10(3)13-11(4)9(2)7-12(13)6-8;/h5-7H,1-4H3;/q-1;+1. The van der Waals surface area contributed by atoms with Gasteiger partial charge in [0.25, 0.3) is 0 Å². The van der Waals surface area contributed by atoms with Gasteiger partial charge >= 0.3 is 18.9 Å². The predicted molar refractivity (Wildman–Crippen MR) is 58.5 cm³/mol. The first-order chi connectivity index (χ1) is 6.09. The summed E-state index contributed by atoms with van der Waals surface area (Å²) in [5.41, 5.74) is 5.60. The van der Waals surface area contributed by atoms with Gasteiger partial charge in [-0.3, -0.25) is 0 Å². The molecular formula is C13H15Li. The number of aryl methyl sites for hydroxylation is 4. The average molecular weight is 178 g/mol. The van der Waals surface area contributed by atoms with E-state index in [4.69, 9.17) is 0 Å². The minimum atomic E-state index is 0. The largest absolute Gasteiger partial charge is 1.00 e. The van der Waals surface area contributed by atoms with E-state index in [9.17, 15) is 0 Å². The molecule has 2 aromatic carbocycles. The Morgan fingerprint density at radius 3 is 2.29 bits per heavy atom. The molecule has 0 amide bonds. The second-order valence-corrected chi connectivity index (χ2v) is 4.00. The zero-order valence-electron chi connectivity index (χ0n) is 9.73. The molecule has 0 heterocycles. The Balaban J connectivity index is 0.000000980. The van der Waals surface area contributed by atoms with Gasteiger partial charge in [0.2, 0.25) is 0 Å². The maximum atomic E-state index is 2.28. The summed E-state index contributed by atoms with van der Waals surface area (Å²) in [6, 6.07) is 6.81. The monoisotopic (exact) mass is 178 g/mol. The summed E-state index contributed by atoms with van der Waals surface area (Å²) in [5.74, 6) is 0. The van der Waals surface area contributed by atoms with Crippen LogP contribution in [0.2, 0.25) is 0 Å². The van der Waals surface area contributed by atoms with Crippen LogP contribution in [0.15, 0.2) is 18.2 Å². The topological polar surface area (TPSA) is 0 Å². The Morgan fingerprint density at radius 1 is 1.00 bits per heavy atom. The van der Waals surface area contributed by atoms with Crippen LogP contribution >= 0.6 is 0 Å². The van der Waals surface area contributed by atoms with Gasteiger partial charge in [-0.1, -0.05) is 31.0 Å². The van der Waals surface area contributed by atoms with Crippen LogP contribution in [-0.2, 0) is 0 Å². The summed E-state index contributed by atoms with van der Waals surface area (Å²) in [6.45, 7) is 8.75. The molecule has 14 heavy (non-hydrogen) atoms. The number of hydrogen-bond donors (Lipinski definition) is 0. The third-order valence-electron chi connectivity index (χ3n) is 2.85. The summed E-state index contributed by atoms with van der Waals surface area (Å²) in [4.78, 5) is 0. The van der Waals surface area contributed by atoms with Crippen molar-refractivity contribution < 1.29 is 18.9 Å². The number of hydrogen-bond acceptors (Lipinski definition) is 0. The Kier molecular flexibility index (Phi) is 3.20. The van der Waals surface area contributed by atoms with Crippen LogP contribution in [0, 0.1) is 27.7 Å². The van der Waals surface area contributed by atoms with Crippen LogP contribution in [0.1, 0.15) is 22.3 Å². The molecule has 2 aromatic rings.